The van der Waals surface area contributed by atoms with Gasteiger partial charge in [0.2, 0.25) is 5.91 Å². The van der Waals surface area contributed by atoms with Gasteiger partial charge in [0, 0.05) is 19.0 Å². The molecule has 2 N–H and O–H groups in total. The quantitative estimate of drug-likeness (QED) is 0.788. The van der Waals surface area contributed by atoms with Crippen LogP contribution in [0.3, 0.4) is 0 Å². The van der Waals surface area contributed by atoms with Gasteiger partial charge in [0.25, 0.3) is 0 Å². The number of carbonyl (C=O) groups excluding carboxylic acids is 1. The minimum absolute atomic E-state index is 0.264. The number of hydrogen-bond donors (Lipinski definition) is 2. The first-order valence-corrected chi connectivity index (χ1v) is 8.08. The van der Waals surface area contributed by atoms with Crippen LogP contribution in [-0.4, -0.2) is 36.5 Å². The van der Waals surface area contributed by atoms with E-state index in [4.69, 9.17) is 0 Å². The van der Waals surface area contributed by atoms with Crippen molar-refractivity contribution < 1.29 is 4.79 Å². The average molecular weight is 256 g/mol. The van der Waals surface area contributed by atoms with E-state index in [0.717, 1.165) is 25.9 Å². The predicted molar refractivity (Wildman–Crippen MR) is 73.3 cm³/mol. The number of hydrogen-bond acceptors (Lipinski definition) is 3. The Labute approximate surface area is 108 Å². The van der Waals surface area contributed by atoms with Crippen LogP contribution in [0.25, 0.3) is 0 Å². The normalized spacial score (nSPS) is 26.0. The summed E-state index contributed by atoms with van der Waals surface area (Å²) in [5.41, 5.74) is 0. The largest absolute Gasteiger partial charge is 0.356 e. The van der Waals surface area contributed by atoms with E-state index < -0.39 is 0 Å². The minimum Gasteiger partial charge on any atom is -0.356 e. The molecule has 2 aliphatic heterocycles. The van der Waals surface area contributed by atoms with Crippen LogP contribution in [0.5, 0.6) is 0 Å². The third-order valence-corrected chi connectivity index (χ3v) is 4.84. The molecular weight excluding hydrogens is 232 g/mol. The third-order valence-electron chi connectivity index (χ3n) is 3.79. The maximum absolute atomic E-state index is 11.7. The summed E-state index contributed by atoms with van der Waals surface area (Å²) >= 11 is 2.02. The minimum atomic E-state index is 0.264. The lowest BCUT2D eigenvalue weighted by atomic mass is 9.98. The van der Waals surface area contributed by atoms with Crippen molar-refractivity contribution >= 4 is 17.7 Å². The molecule has 0 saturated carbocycles. The van der Waals surface area contributed by atoms with Crippen LogP contribution in [0, 0.1) is 5.92 Å². The van der Waals surface area contributed by atoms with Crippen molar-refractivity contribution in [1.82, 2.24) is 10.6 Å². The summed E-state index contributed by atoms with van der Waals surface area (Å²) in [6, 6.07) is 0.640. The van der Waals surface area contributed by atoms with E-state index in [1.165, 1.54) is 37.2 Å². The lowest BCUT2D eigenvalue weighted by Gasteiger charge is -2.20. The molecule has 0 radical (unpaired) electrons. The molecule has 0 aliphatic carbocycles. The third kappa shape index (κ3) is 4.88. The predicted octanol–water partition coefficient (Wildman–Crippen LogP) is 1.78. The number of amides is 1. The molecule has 17 heavy (non-hydrogen) atoms. The molecule has 1 atom stereocenters. The standard InChI is InChI=1S/C13H24N2OS/c16-13(10-11-4-8-17-9-5-11)15-7-3-12-2-1-6-14-12/h11-12,14H,1-10H2,(H,15,16)/t12-/m1/s1. The van der Waals surface area contributed by atoms with E-state index in [1.54, 1.807) is 0 Å². The summed E-state index contributed by atoms with van der Waals surface area (Å²) in [6.45, 7) is 2.00. The first kappa shape index (κ1) is 13.2. The van der Waals surface area contributed by atoms with Gasteiger partial charge in [0.05, 0.1) is 0 Å². The molecule has 4 heteroatoms. The Morgan fingerprint density at radius 1 is 1.29 bits per heavy atom. The maximum Gasteiger partial charge on any atom is 0.220 e. The van der Waals surface area contributed by atoms with Gasteiger partial charge in [-0.05, 0) is 56.1 Å². The summed E-state index contributed by atoms with van der Waals surface area (Å²) in [4.78, 5) is 11.7. The highest BCUT2D eigenvalue weighted by atomic mass is 32.2. The van der Waals surface area contributed by atoms with E-state index in [-0.39, 0.29) is 5.91 Å². The molecule has 1 amide bonds. The highest BCUT2D eigenvalue weighted by Crippen LogP contribution is 2.24. The lowest BCUT2D eigenvalue weighted by molar-refractivity contribution is -0.122. The van der Waals surface area contributed by atoms with E-state index in [9.17, 15) is 4.79 Å². The Balaban J connectivity index is 1.53. The van der Waals surface area contributed by atoms with Gasteiger partial charge in [0.15, 0.2) is 0 Å². The van der Waals surface area contributed by atoms with Gasteiger partial charge < -0.3 is 10.6 Å². The van der Waals surface area contributed by atoms with Gasteiger partial charge >= 0.3 is 0 Å². The van der Waals surface area contributed by atoms with Crippen molar-refractivity contribution in [2.24, 2.45) is 5.92 Å². The topological polar surface area (TPSA) is 41.1 Å². The first-order chi connectivity index (χ1) is 8.34. The van der Waals surface area contributed by atoms with Gasteiger partial charge in [-0.15, -0.1) is 0 Å². The van der Waals surface area contributed by atoms with Crippen LogP contribution >= 0.6 is 11.8 Å². The molecule has 0 spiro atoms. The summed E-state index contributed by atoms with van der Waals surface area (Å²) in [7, 11) is 0. The fraction of sp³-hybridized carbons (Fsp3) is 0.923. The van der Waals surface area contributed by atoms with Crippen LogP contribution in [-0.2, 0) is 4.79 Å². The van der Waals surface area contributed by atoms with E-state index >= 15 is 0 Å². The molecule has 2 fully saturated rings. The average Bonchev–Trinajstić information content (AvgIpc) is 2.83. The highest BCUT2D eigenvalue weighted by molar-refractivity contribution is 7.99. The van der Waals surface area contributed by atoms with Gasteiger partial charge in [0.1, 0.15) is 0 Å². The van der Waals surface area contributed by atoms with Crippen LogP contribution in [0.15, 0.2) is 0 Å². The number of rotatable bonds is 5. The second kappa shape index (κ2) is 7.27. The number of thioether (sulfide) groups is 1. The maximum atomic E-state index is 11.7. The monoisotopic (exact) mass is 256 g/mol. The zero-order valence-corrected chi connectivity index (χ0v) is 11.4. The summed E-state index contributed by atoms with van der Waals surface area (Å²) in [5, 5.41) is 6.53. The summed E-state index contributed by atoms with van der Waals surface area (Å²) < 4.78 is 0. The zero-order chi connectivity index (χ0) is 11.9. The van der Waals surface area contributed by atoms with E-state index in [2.05, 4.69) is 10.6 Å². The molecule has 0 aromatic carbocycles. The van der Waals surface area contributed by atoms with E-state index in [1.807, 2.05) is 11.8 Å². The van der Waals surface area contributed by atoms with Crippen molar-refractivity contribution in [2.45, 2.75) is 44.6 Å². The summed E-state index contributed by atoms with van der Waals surface area (Å²) in [6.07, 6.45) is 6.85. The van der Waals surface area contributed by atoms with Gasteiger partial charge in [-0.3, -0.25) is 4.79 Å². The van der Waals surface area contributed by atoms with Crippen LogP contribution in [0.1, 0.15) is 38.5 Å². The lowest BCUT2D eigenvalue weighted by Crippen LogP contribution is -2.31. The SMILES string of the molecule is O=C(CC1CCSCC1)NCC[C@H]1CCCN1. The molecule has 98 valence electrons. The Hall–Kier alpha value is -0.220. The van der Waals surface area contributed by atoms with Crippen molar-refractivity contribution in [3.8, 4) is 0 Å². The Kier molecular flexibility index (Phi) is 5.65. The van der Waals surface area contributed by atoms with Crippen LogP contribution < -0.4 is 10.6 Å². The fourth-order valence-electron chi connectivity index (χ4n) is 2.67. The molecule has 3 nitrogen and oxygen atoms in total. The summed E-state index contributed by atoms with van der Waals surface area (Å²) in [5.74, 6) is 3.38. The second-order valence-corrected chi connectivity index (χ2v) is 6.42. The molecule has 0 unspecified atom stereocenters. The van der Waals surface area contributed by atoms with Crippen molar-refractivity contribution in [3.05, 3.63) is 0 Å². The van der Waals surface area contributed by atoms with Crippen LogP contribution in [0.4, 0.5) is 0 Å². The Bertz CT molecular complexity index is 236. The van der Waals surface area contributed by atoms with E-state index in [0.29, 0.717) is 12.0 Å². The van der Waals surface area contributed by atoms with Gasteiger partial charge in [-0.1, -0.05) is 0 Å². The van der Waals surface area contributed by atoms with Crippen molar-refractivity contribution in [1.29, 1.82) is 0 Å². The smallest absolute Gasteiger partial charge is 0.220 e. The molecule has 0 bridgehead atoms. The molecule has 2 aliphatic rings. The van der Waals surface area contributed by atoms with Gasteiger partial charge in [-0.25, -0.2) is 0 Å². The second-order valence-electron chi connectivity index (χ2n) is 5.19. The molecule has 0 aromatic heterocycles. The molecule has 2 rings (SSSR count). The number of carbonyl (C=O) groups is 1. The number of nitrogens with one attached hydrogen (secondary N) is 2. The first-order valence-electron chi connectivity index (χ1n) is 6.92. The Morgan fingerprint density at radius 3 is 2.82 bits per heavy atom. The molecular formula is C13H24N2OS. The zero-order valence-electron chi connectivity index (χ0n) is 10.5. The van der Waals surface area contributed by atoms with Gasteiger partial charge in [-0.2, -0.15) is 11.8 Å². The molecule has 0 aromatic rings. The van der Waals surface area contributed by atoms with Crippen LogP contribution in [0.2, 0.25) is 0 Å². The Morgan fingerprint density at radius 2 is 2.12 bits per heavy atom. The molecule has 2 heterocycles. The van der Waals surface area contributed by atoms with Crippen molar-refractivity contribution in [3.63, 3.8) is 0 Å². The highest BCUT2D eigenvalue weighted by Gasteiger charge is 2.18. The molecule has 2 saturated heterocycles. The fourth-order valence-corrected chi connectivity index (χ4v) is 3.88. The van der Waals surface area contributed by atoms with Crippen molar-refractivity contribution in [2.75, 3.05) is 24.6 Å².